The molecular weight excluding hydrogens is 274 g/mol. The highest BCUT2D eigenvalue weighted by molar-refractivity contribution is 5.43. The Morgan fingerprint density at radius 3 is 2.41 bits per heavy atom. The number of rotatable bonds is 8. The van der Waals surface area contributed by atoms with Gasteiger partial charge in [0.1, 0.15) is 6.61 Å². The van der Waals surface area contributed by atoms with Gasteiger partial charge in [0.25, 0.3) is 0 Å². The number of hydrogen-bond acceptors (Lipinski definition) is 3. The van der Waals surface area contributed by atoms with Gasteiger partial charge >= 0.3 is 0 Å². The second-order valence-corrected chi connectivity index (χ2v) is 5.50. The normalized spacial score (nSPS) is 12.0. The van der Waals surface area contributed by atoms with E-state index in [4.69, 9.17) is 15.2 Å². The van der Waals surface area contributed by atoms with Crippen LogP contribution in [0.5, 0.6) is 11.5 Å². The summed E-state index contributed by atoms with van der Waals surface area (Å²) in [4.78, 5) is 0. The molecule has 0 saturated heterocycles. The van der Waals surface area contributed by atoms with Crippen molar-refractivity contribution in [1.82, 2.24) is 0 Å². The molecule has 1 unspecified atom stereocenters. The van der Waals surface area contributed by atoms with Gasteiger partial charge in [0.05, 0.1) is 6.61 Å². The summed E-state index contributed by atoms with van der Waals surface area (Å²) in [5.41, 5.74) is 8.20. The Hall–Kier alpha value is -2.00. The summed E-state index contributed by atoms with van der Waals surface area (Å²) in [5.74, 6) is 1.59. The van der Waals surface area contributed by atoms with Crippen LogP contribution in [0.2, 0.25) is 0 Å². The topological polar surface area (TPSA) is 44.5 Å². The summed E-state index contributed by atoms with van der Waals surface area (Å²) in [6.45, 7) is 5.18. The summed E-state index contributed by atoms with van der Waals surface area (Å²) in [5, 5.41) is 0. The van der Waals surface area contributed by atoms with E-state index >= 15 is 0 Å². The Morgan fingerprint density at radius 1 is 0.955 bits per heavy atom. The molecule has 0 aliphatic heterocycles. The fraction of sp³-hybridized carbons (Fsp3) is 0.368. The minimum absolute atomic E-state index is 0.213. The van der Waals surface area contributed by atoms with Crippen molar-refractivity contribution in [2.45, 2.75) is 39.3 Å². The van der Waals surface area contributed by atoms with Gasteiger partial charge in [0.15, 0.2) is 11.5 Å². The molecule has 0 aromatic heterocycles. The molecule has 118 valence electrons. The molecule has 2 aromatic rings. The van der Waals surface area contributed by atoms with Crippen molar-refractivity contribution in [2.75, 3.05) is 6.61 Å². The molecule has 0 spiro atoms. The quantitative estimate of drug-likeness (QED) is 0.803. The van der Waals surface area contributed by atoms with Crippen molar-refractivity contribution in [2.24, 2.45) is 5.73 Å². The Labute approximate surface area is 133 Å². The highest BCUT2D eigenvalue weighted by Crippen LogP contribution is 2.29. The molecule has 0 aliphatic carbocycles. The Kier molecular flexibility index (Phi) is 6.28. The Balaban J connectivity index is 2.05. The molecule has 2 rings (SSSR count). The van der Waals surface area contributed by atoms with Crippen LogP contribution in [0.3, 0.4) is 0 Å². The number of hydrogen-bond donors (Lipinski definition) is 1. The van der Waals surface area contributed by atoms with E-state index in [1.807, 2.05) is 38.1 Å². The van der Waals surface area contributed by atoms with Gasteiger partial charge in [-0.3, -0.25) is 0 Å². The smallest absolute Gasteiger partial charge is 0.161 e. The fourth-order valence-electron chi connectivity index (χ4n) is 2.23. The molecule has 0 fully saturated rings. The minimum Gasteiger partial charge on any atom is -0.490 e. The van der Waals surface area contributed by atoms with E-state index < -0.39 is 0 Å². The molecule has 0 bridgehead atoms. The zero-order valence-electron chi connectivity index (χ0n) is 13.4. The second-order valence-electron chi connectivity index (χ2n) is 5.50. The average molecular weight is 299 g/mol. The molecule has 2 aromatic carbocycles. The van der Waals surface area contributed by atoms with Gasteiger partial charge in [0, 0.05) is 6.04 Å². The number of benzene rings is 2. The molecule has 0 saturated carbocycles. The van der Waals surface area contributed by atoms with Crippen molar-refractivity contribution in [3.63, 3.8) is 0 Å². The molecule has 3 nitrogen and oxygen atoms in total. The summed E-state index contributed by atoms with van der Waals surface area (Å²) in [6.07, 6.45) is 1.92. The van der Waals surface area contributed by atoms with E-state index in [0.717, 1.165) is 29.9 Å². The minimum atomic E-state index is 0.213. The second kappa shape index (κ2) is 8.44. The highest BCUT2D eigenvalue weighted by Gasteiger charge is 2.07. The van der Waals surface area contributed by atoms with Gasteiger partial charge < -0.3 is 15.2 Å². The summed E-state index contributed by atoms with van der Waals surface area (Å²) in [7, 11) is 0. The Bertz CT molecular complexity index is 567. The predicted octanol–water partition coefficient (Wildman–Crippen LogP) is 3.94. The van der Waals surface area contributed by atoms with Gasteiger partial charge in [-0.15, -0.1) is 0 Å². The zero-order chi connectivity index (χ0) is 15.8. The van der Waals surface area contributed by atoms with Crippen LogP contribution in [-0.4, -0.2) is 12.6 Å². The summed E-state index contributed by atoms with van der Waals surface area (Å²) < 4.78 is 11.6. The van der Waals surface area contributed by atoms with Crippen molar-refractivity contribution in [3.05, 3.63) is 59.7 Å². The van der Waals surface area contributed by atoms with E-state index in [0.29, 0.717) is 13.2 Å². The molecule has 1 atom stereocenters. The first-order valence-corrected chi connectivity index (χ1v) is 7.87. The fourth-order valence-corrected chi connectivity index (χ4v) is 2.23. The van der Waals surface area contributed by atoms with Gasteiger partial charge in [0.2, 0.25) is 0 Å². The van der Waals surface area contributed by atoms with Crippen LogP contribution in [0.4, 0.5) is 0 Å². The lowest BCUT2D eigenvalue weighted by Crippen LogP contribution is -2.15. The monoisotopic (exact) mass is 299 g/mol. The largest absolute Gasteiger partial charge is 0.490 e. The molecule has 3 heteroatoms. The first-order chi connectivity index (χ1) is 10.7. The summed E-state index contributed by atoms with van der Waals surface area (Å²) >= 11 is 0. The van der Waals surface area contributed by atoms with Crippen LogP contribution in [0, 0.1) is 0 Å². The molecule has 0 aliphatic rings. The average Bonchev–Trinajstić information content (AvgIpc) is 2.53. The SMILES string of the molecule is CCOc1cc(CCC(C)N)ccc1OCc1ccccc1. The number of aryl methyl sites for hydroxylation is 1. The van der Waals surface area contributed by atoms with E-state index in [9.17, 15) is 0 Å². The van der Waals surface area contributed by atoms with Gasteiger partial charge in [-0.25, -0.2) is 0 Å². The van der Waals surface area contributed by atoms with Crippen LogP contribution >= 0.6 is 0 Å². The molecule has 0 amide bonds. The lowest BCUT2D eigenvalue weighted by molar-refractivity contribution is 0.269. The first kappa shape index (κ1) is 16.4. The van der Waals surface area contributed by atoms with E-state index in [-0.39, 0.29) is 6.04 Å². The van der Waals surface area contributed by atoms with Crippen molar-refractivity contribution in [3.8, 4) is 11.5 Å². The maximum Gasteiger partial charge on any atom is 0.161 e. The van der Waals surface area contributed by atoms with Crippen LogP contribution in [-0.2, 0) is 13.0 Å². The maximum absolute atomic E-state index is 5.91. The van der Waals surface area contributed by atoms with Crippen molar-refractivity contribution < 1.29 is 9.47 Å². The molecular formula is C19H25NO2. The maximum atomic E-state index is 5.91. The van der Waals surface area contributed by atoms with Gasteiger partial charge in [-0.05, 0) is 49.9 Å². The van der Waals surface area contributed by atoms with Gasteiger partial charge in [-0.1, -0.05) is 36.4 Å². The van der Waals surface area contributed by atoms with Crippen LogP contribution in [0.1, 0.15) is 31.4 Å². The number of ether oxygens (including phenoxy) is 2. The third-order valence-electron chi connectivity index (χ3n) is 3.43. The van der Waals surface area contributed by atoms with Crippen molar-refractivity contribution in [1.29, 1.82) is 0 Å². The van der Waals surface area contributed by atoms with Crippen LogP contribution in [0.15, 0.2) is 48.5 Å². The molecule has 2 N–H and O–H groups in total. The lowest BCUT2D eigenvalue weighted by Gasteiger charge is -2.14. The molecule has 0 radical (unpaired) electrons. The third kappa shape index (κ3) is 5.08. The third-order valence-corrected chi connectivity index (χ3v) is 3.43. The molecule has 0 heterocycles. The number of nitrogens with two attached hydrogens (primary N) is 1. The highest BCUT2D eigenvalue weighted by atomic mass is 16.5. The van der Waals surface area contributed by atoms with E-state index in [2.05, 4.69) is 24.3 Å². The van der Waals surface area contributed by atoms with Gasteiger partial charge in [-0.2, -0.15) is 0 Å². The van der Waals surface area contributed by atoms with Crippen LogP contribution < -0.4 is 15.2 Å². The standard InChI is InChI=1S/C19H25NO2/c1-3-21-19-13-16(10-9-15(2)20)11-12-18(19)22-14-17-7-5-4-6-8-17/h4-8,11-13,15H,3,9-10,14,20H2,1-2H3. The predicted molar refractivity (Wildman–Crippen MR) is 90.4 cm³/mol. The van der Waals surface area contributed by atoms with Crippen LogP contribution in [0.25, 0.3) is 0 Å². The lowest BCUT2D eigenvalue weighted by atomic mass is 10.1. The Morgan fingerprint density at radius 2 is 1.73 bits per heavy atom. The summed E-state index contributed by atoms with van der Waals surface area (Å²) in [6, 6.07) is 16.5. The van der Waals surface area contributed by atoms with E-state index in [1.165, 1.54) is 5.56 Å². The van der Waals surface area contributed by atoms with E-state index in [1.54, 1.807) is 0 Å². The first-order valence-electron chi connectivity index (χ1n) is 7.87. The van der Waals surface area contributed by atoms with Crippen molar-refractivity contribution >= 4 is 0 Å². The zero-order valence-corrected chi connectivity index (χ0v) is 13.4. The molecule has 22 heavy (non-hydrogen) atoms.